The van der Waals surface area contributed by atoms with Crippen LogP contribution in [0.5, 0.6) is 5.75 Å². The van der Waals surface area contributed by atoms with Crippen molar-refractivity contribution in [3.05, 3.63) is 51.8 Å². The molecule has 0 atom stereocenters. The summed E-state index contributed by atoms with van der Waals surface area (Å²) in [5.41, 5.74) is 2.19. The number of nitrogens with zero attached hydrogens (tertiary/aromatic N) is 2. The minimum Gasteiger partial charge on any atom is -0.493 e. The Morgan fingerprint density at radius 3 is 3.20 bits per heavy atom. The van der Waals surface area contributed by atoms with E-state index in [0.29, 0.717) is 4.80 Å². The minimum absolute atomic E-state index is 0.250. The van der Waals surface area contributed by atoms with Crippen LogP contribution in [0.3, 0.4) is 0 Å². The summed E-state index contributed by atoms with van der Waals surface area (Å²) in [6, 6.07) is 5.94. The molecule has 0 unspecified atom stereocenters. The molecule has 1 amide bonds. The van der Waals surface area contributed by atoms with Gasteiger partial charge < -0.3 is 9.30 Å². The maximum atomic E-state index is 11.8. The fourth-order valence-corrected chi connectivity index (χ4v) is 2.78. The molecule has 3 rings (SSSR count). The molecule has 0 bridgehead atoms. The van der Waals surface area contributed by atoms with Gasteiger partial charge in [0.05, 0.1) is 6.61 Å². The third-order valence-corrected chi connectivity index (χ3v) is 3.95. The summed E-state index contributed by atoms with van der Waals surface area (Å²) in [7, 11) is 1.87. The van der Waals surface area contributed by atoms with Gasteiger partial charge in [0.2, 0.25) is 0 Å². The number of carbonyl (C=O) groups excluding carboxylic acids is 1. The number of benzene rings is 1. The average molecular weight is 286 g/mol. The summed E-state index contributed by atoms with van der Waals surface area (Å²) < 4.78 is 7.27. The highest BCUT2D eigenvalue weighted by molar-refractivity contribution is 7.07. The number of hydrogen-bond donors (Lipinski definition) is 0. The van der Waals surface area contributed by atoms with Crippen LogP contribution in [0.25, 0.3) is 6.08 Å². The molecule has 102 valence electrons. The van der Waals surface area contributed by atoms with E-state index in [9.17, 15) is 4.79 Å². The van der Waals surface area contributed by atoms with Gasteiger partial charge in [-0.1, -0.05) is 6.07 Å². The lowest BCUT2D eigenvalue weighted by Crippen LogP contribution is -2.11. The highest BCUT2D eigenvalue weighted by Crippen LogP contribution is 2.26. The van der Waals surface area contributed by atoms with Crippen molar-refractivity contribution in [3.8, 4) is 5.75 Å². The van der Waals surface area contributed by atoms with Gasteiger partial charge in [-0.2, -0.15) is 4.99 Å². The summed E-state index contributed by atoms with van der Waals surface area (Å²) in [6.45, 7) is 0.742. The summed E-state index contributed by atoms with van der Waals surface area (Å²) >= 11 is 1.44. The second-order valence-electron chi connectivity index (χ2n) is 4.55. The van der Waals surface area contributed by atoms with E-state index < -0.39 is 0 Å². The Morgan fingerprint density at radius 1 is 1.50 bits per heavy atom. The topological polar surface area (TPSA) is 43.6 Å². The molecule has 1 aliphatic heterocycles. The van der Waals surface area contributed by atoms with Gasteiger partial charge in [-0.25, -0.2) is 0 Å². The number of ether oxygens (including phenoxy) is 1. The zero-order valence-corrected chi connectivity index (χ0v) is 11.9. The van der Waals surface area contributed by atoms with E-state index in [1.165, 1.54) is 23.0 Å². The van der Waals surface area contributed by atoms with E-state index >= 15 is 0 Å². The van der Waals surface area contributed by atoms with E-state index in [2.05, 4.69) is 11.1 Å². The molecule has 0 fully saturated rings. The van der Waals surface area contributed by atoms with Crippen molar-refractivity contribution < 1.29 is 9.53 Å². The lowest BCUT2D eigenvalue weighted by Gasteiger charge is -1.99. The van der Waals surface area contributed by atoms with Gasteiger partial charge in [-0.3, -0.25) is 4.79 Å². The Labute approximate surface area is 120 Å². The molecular formula is C15H14N2O2S. The first kappa shape index (κ1) is 12.9. The van der Waals surface area contributed by atoms with Crippen molar-refractivity contribution in [2.24, 2.45) is 12.0 Å². The van der Waals surface area contributed by atoms with Crippen molar-refractivity contribution in [2.75, 3.05) is 6.61 Å². The Kier molecular flexibility index (Phi) is 3.52. The molecule has 0 saturated carbocycles. The summed E-state index contributed by atoms with van der Waals surface area (Å²) in [5.74, 6) is 0.698. The SMILES string of the molecule is Cn1ccsc1=NC(=O)/C=C/c1ccc2c(c1)CCO2. The van der Waals surface area contributed by atoms with Crippen LogP contribution >= 0.6 is 11.3 Å². The second kappa shape index (κ2) is 5.46. The van der Waals surface area contributed by atoms with Crippen molar-refractivity contribution in [2.45, 2.75) is 6.42 Å². The predicted molar refractivity (Wildman–Crippen MR) is 78.5 cm³/mol. The highest BCUT2D eigenvalue weighted by atomic mass is 32.1. The van der Waals surface area contributed by atoms with E-state index in [-0.39, 0.29) is 5.91 Å². The average Bonchev–Trinajstić information content (AvgIpc) is 3.05. The van der Waals surface area contributed by atoms with Crippen LogP contribution in [0.2, 0.25) is 0 Å². The number of fused-ring (bicyclic) bond motifs is 1. The van der Waals surface area contributed by atoms with Gasteiger partial charge in [0.15, 0.2) is 4.80 Å². The van der Waals surface area contributed by atoms with Crippen molar-refractivity contribution in [1.82, 2.24) is 4.57 Å². The number of carbonyl (C=O) groups is 1. The van der Waals surface area contributed by atoms with Crippen LogP contribution in [-0.2, 0) is 18.3 Å². The molecule has 0 saturated heterocycles. The molecule has 1 aromatic carbocycles. The monoisotopic (exact) mass is 286 g/mol. The standard InChI is InChI=1S/C15H14N2O2S/c1-17-7-9-20-15(17)16-14(18)5-3-11-2-4-13-12(10-11)6-8-19-13/h2-5,7,9-10H,6,8H2,1H3/b5-3+,16-15?. The Hall–Kier alpha value is -2.14. The molecule has 0 N–H and O–H groups in total. The highest BCUT2D eigenvalue weighted by Gasteiger charge is 2.10. The smallest absolute Gasteiger partial charge is 0.272 e. The lowest BCUT2D eigenvalue weighted by atomic mass is 10.1. The van der Waals surface area contributed by atoms with Crippen molar-refractivity contribution in [1.29, 1.82) is 0 Å². The zero-order valence-electron chi connectivity index (χ0n) is 11.1. The summed E-state index contributed by atoms with van der Waals surface area (Å²) in [5, 5.41) is 1.90. The van der Waals surface area contributed by atoms with Crippen LogP contribution in [0, 0.1) is 0 Å². The summed E-state index contributed by atoms with van der Waals surface area (Å²) in [6.07, 6.45) is 6.09. The van der Waals surface area contributed by atoms with Gasteiger partial charge in [0, 0.05) is 31.1 Å². The zero-order chi connectivity index (χ0) is 13.9. The Balaban J connectivity index is 1.78. The maximum Gasteiger partial charge on any atom is 0.272 e. The number of hydrogen-bond acceptors (Lipinski definition) is 3. The molecule has 4 nitrogen and oxygen atoms in total. The quantitative estimate of drug-likeness (QED) is 0.794. The molecule has 0 aliphatic carbocycles. The van der Waals surface area contributed by atoms with E-state index in [1.807, 2.05) is 35.3 Å². The third-order valence-electron chi connectivity index (χ3n) is 3.10. The van der Waals surface area contributed by atoms with Crippen LogP contribution in [0.4, 0.5) is 0 Å². The molecule has 0 radical (unpaired) electrons. The van der Waals surface area contributed by atoms with Gasteiger partial charge in [-0.05, 0) is 29.3 Å². The first-order valence-electron chi connectivity index (χ1n) is 6.35. The van der Waals surface area contributed by atoms with E-state index in [4.69, 9.17) is 4.74 Å². The van der Waals surface area contributed by atoms with E-state index in [0.717, 1.165) is 24.3 Å². The van der Waals surface area contributed by atoms with E-state index in [1.54, 1.807) is 6.08 Å². The van der Waals surface area contributed by atoms with Gasteiger partial charge in [-0.15, -0.1) is 11.3 Å². The Morgan fingerprint density at radius 2 is 2.40 bits per heavy atom. The first-order valence-corrected chi connectivity index (χ1v) is 7.23. The number of amides is 1. The first-order chi connectivity index (χ1) is 9.72. The Bertz CT molecular complexity index is 740. The van der Waals surface area contributed by atoms with Crippen LogP contribution in [0.15, 0.2) is 40.8 Å². The van der Waals surface area contributed by atoms with Crippen molar-refractivity contribution >= 4 is 23.3 Å². The van der Waals surface area contributed by atoms with Crippen LogP contribution < -0.4 is 9.54 Å². The van der Waals surface area contributed by atoms with Gasteiger partial charge in [0.25, 0.3) is 5.91 Å². The molecular weight excluding hydrogens is 272 g/mol. The molecule has 2 heterocycles. The number of aryl methyl sites for hydroxylation is 1. The molecule has 20 heavy (non-hydrogen) atoms. The fraction of sp³-hybridized carbons (Fsp3) is 0.200. The molecule has 1 aromatic heterocycles. The number of aromatic nitrogens is 1. The van der Waals surface area contributed by atoms with Crippen LogP contribution in [0.1, 0.15) is 11.1 Å². The maximum absolute atomic E-state index is 11.8. The normalized spacial score (nSPS) is 14.6. The van der Waals surface area contributed by atoms with Crippen molar-refractivity contribution in [3.63, 3.8) is 0 Å². The van der Waals surface area contributed by atoms with Crippen LogP contribution in [-0.4, -0.2) is 17.1 Å². The number of thiazole rings is 1. The van der Waals surface area contributed by atoms with Gasteiger partial charge >= 0.3 is 0 Å². The lowest BCUT2D eigenvalue weighted by molar-refractivity contribution is -0.113. The largest absolute Gasteiger partial charge is 0.493 e. The number of rotatable bonds is 2. The fourth-order valence-electron chi connectivity index (χ4n) is 2.04. The molecule has 1 aliphatic rings. The molecule has 2 aromatic rings. The van der Waals surface area contributed by atoms with Gasteiger partial charge in [0.1, 0.15) is 5.75 Å². The summed E-state index contributed by atoms with van der Waals surface area (Å²) in [4.78, 5) is 16.5. The molecule has 5 heteroatoms. The minimum atomic E-state index is -0.250. The predicted octanol–water partition coefficient (Wildman–Crippen LogP) is 2.16. The third kappa shape index (κ3) is 2.72. The molecule has 0 spiro atoms. The second-order valence-corrected chi connectivity index (χ2v) is 5.42.